The summed E-state index contributed by atoms with van der Waals surface area (Å²) in [6.45, 7) is 4.51. The van der Waals surface area contributed by atoms with Crippen molar-refractivity contribution in [2.75, 3.05) is 49.5 Å². The summed E-state index contributed by atoms with van der Waals surface area (Å²) in [5.74, 6) is -6.30. The maximum absolute atomic E-state index is 13.5. The zero-order valence-corrected chi connectivity index (χ0v) is 14.2. The molecule has 1 aliphatic rings. The third kappa shape index (κ3) is 4.24. The van der Waals surface area contributed by atoms with E-state index < -0.39 is 29.2 Å². The Balaban J connectivity index is 1.43. The van der Waals surface area contributed by atoms with Crippen molar-refractivity contribution in [1.29, 1.82) is 0 Å². The van der Waals surface area contributed by atoms with E-state index in [2.05, 4.69) is 32.2 Å². The van der Waals surface area contributed by atoms with E-state index in [1.54, 1.807) is 0 Å². The summed E-state index contributed by atoms with van der Waals surface area (Å²) in [6.07, 6.45) is 0.593. The van der Waals surface area contributed by atoms with Crippen molar-refractivity contribution in [2.45, 2.75) is 6.42 Å². The van der Waals surface area contributed by atoms with E-state index in [1.165, 1.54) is 5.69 Å². The minimum atomic E-state index is -1.65. The molecule has 0 amide bonds. The van der Waals surface area contributed by atoms with Gasteiger partial charge in [0.05, 0.1) is 0 Å². The van der Waals surface area contributed by atoms with E-state index >= 15 is 0 Å². The number of rotatable bonds is 6. The Hall–Kier alpha value is -2.35. The average Bonchev–Trinajstić information content (AvgIpc) is 2.67. The van der Waals surface area contributed by atoms with Crippen LogP contribution in [0.4, 0.5) is 28.9 Å². The highest BCUT2D eigenvalue weighted by atomic mass is 19.2. The third-order valence-corrected chi connectivity index (χ3v) is 4.44. The quantitative estimate of drug-likeness (QED) is 0.482. The number of nitrogens with one attached hydrogen (secondary N) is 1. The van der Waals surface area contributed by atoms with Gasteiger partial charge in [0, 0.05) is 38.4 Å². The number of piperazine rings is 1. The molecule has 2 heterocycles. The van der Waals surface area contributed by atoms with Crippen LogP contribution in [0.25, 0.3) is 0 Å². The maximum atomic E-state index is 13.5. The maximum Gasteiger partial charge on any atom is 0.253 e. The number of para-hydroxylation sites is 1. The number of hydrogen-bond donors (Lipinski definition) is 1. The largest absolute Gasteiger partial charge is 0.380 e. The number of benzene rings is 1. The molecule has 1 N–H and O–H groups in total. The minimum Gasteiger partial charge on any atom is -0.380 e. The van der Waals surface area contributed by atoms with E-state index in [0.717, 1.165) is 32.7 Å². The van der Waals surface area contributed by atoms with E-state index in [-0.39, 0.29) is 6.54 Å². The van der Waals surface area contributed by atoms with Gasteiger partial charge in [-0.1, -0.05) is 18.2 Å². The predicted octanol–water partition coefficient (Wildman–Crippen LogP) is 3.26. The second-order valence-electron chi connectivity index (χ2n) is 6.14. The molecular formula is C18H20F4N4. The van der Waals surface area contributed by atoms with Gasteiger partial charge in [0.15, 0.2) is 0 Å². The van der Waals surface area contributed by atoms with Crippen LogP contribution in [0.3, 0.4) is 0 Å². The van der Waals surface area contributed by atoms with Crippen molar-refractivity contribution in [1.82, 2.24) is 9.88 Å². The Morgan fingerprint density at radius 1 is 0.885 bits per heavy atom. The van der Waals surface area contributed by atoms with Gasteiger partial charge in [-0.25, -0.2) is 0 Å². The molecule has 4 nitrogen and oxygen atoms in total. The number of pyridine rings is 1. The van der Waals surface area contributed by atoms with E-state index in [9.17, 15) is 17.6 Å². The van der Waals surface area contributed by atoms with Crippen molar-refractivity contribution in [2.24, 2.45) is 0 Å². The zero-order valence-electron chi connectivity index (χ0n) is 14.2. The Bertz CT molecular complexity index is 707. The van der Waals surface area contributed by atoms with Gasteiger partial charge < -0.3 is 10.2 Å². The van der Waals surface area contributed by atoms with Gasteiger partial charge in [0.1, 0.15) is 5.69 Å². The standard InChI is InChI=1S/C18H20F4N4/c19-14-16(15(20)18(22)24-17(14)21)23-7-4-8-25-9-11-26(12-10-25)13-5-2-1-3-6-13/h1-3,5-6H,4,7-12H2,(H,23,24). The Labute approximate surface area is 149 Å². The summed E-state index contributed by atoms with van der Waals surface area (Å²) in [6, 6.07) is 10.2. The number of anilines is 2. The van der Waals surface area contributed by atoms with Gasteiger partial charge in [-0.3, -0.25) is 4.90 Å². The summed E-state index contributed by atoms with van der Waals surface area (Å²) in [7, 11) is 0. The molecule has 0 saturated carbocycles. The summed E-state index contributed by atoms with van der Waals surface area (Å²) in [4.78, 5) is 7.09. The molecule has 1 aliphatic heterocycles. The predicted molar refractivity (Wildman–Crippen MR) is 92.3 cm³/mol. The molecule has 2 aromatic rings. The first kappa shape index (κ1) is 18.4. The van der Waals surface area contributed by atoms with Gasteiger partial charge >= 0.3 is 0 Å². The minimum absolute atomic E-state index is 0.204. The molecule has 1 aromatic heterocycles. The van der Waals surface area contributed by atoms with E-state index in [4.69, 9.17) is 0 Å². The molecule has 0 aliphatic carbocycles. The smallest absolute Gasteiger partial charge is 0.253 e. The molecule has 0 atom stereocenters. The van der Waals surface area contributed by atoms with Crippen LogP contribution in [-0.4, -0.2) is 49.2 Å². The van der Waals surface area contributed by atoms with Crippen LogP contribution in [0.15, 0.2) is 30.3 Å². The summed E-state index contributed by atoms with van der Waals surface area (Å²) >= 11 is 0. The van der Waals surface area contributed by atoms with Crippen LogP contribution in [0.2, 0.25) is 0 Å². The van der Waals surface area contributed by atoms with Crippen molar-refractivity contribution < 1.29 is 17.6 Å². The molecular weight excluding hydrogens is 348 g/mol. The molecule has 1 fully saturated rings. The number of halogens is 4. The van der Waals surface area contributed by atoms with Crippen LogP contribution in [0.1, 0.15) is 6.42 Å². The first-order valence-electron chi connectivity index (χ1n) is 8.52. The van der Waals surface area contributed by atoms with Crippen molar-refractivity contribution in [3.8, 4) is 0 Å². The Morgan fingerprint density at radius 3 is 2.12 bits per heavy atom. The molecule has 3 rings (SSSR count). The fourth-order valence-corrected chi connectivity index (χ4v) is 3.03. The first-order chi connectivity index (χ1) is 12.6. The highest BCUT2D eigenvalue weighted by Crippen LogP contribution is 2.22. The summed E-state index contributed by atoms with van der Waals surface area (Å²) < 4.78 is 53.1. The molecule has 0 unspecified atom stereocenters. The van der Waals surface area contributed by atoms with Gasteiger partial charge in [-0.05, 0) is 25.1 Å². The third-order valence-electron chi connectivity index (χ3n) is 4.44. The van der Waals surface area contributed by atoms with E-state index in [1.807, 2.05) is 18.2 Å². The number of nitrogens with zero attached hydrogens (tertiary/aromatic N) is 3. The molecule has 0 radical (unpaired) electrons. The Kier molecular flexibility index (Phi) is 5.92. The molecule has 8 heteroatoms. The van der Waals surface area contributed by atoms with Crippen LogP contribution in [0.5, 0.6) is 0 Å². The fourth-order valence-electron chi connectivity index (χ4n) is 3.03. The SMILES string of the molecule is Fc1nc(F)c(F)c(NCCCN2CCN(c3ccccc3)CC2)c1F. The fraction of sp³-hybridized carbons (Fsp3) is 0.389. The number of aromatic nitrogens is 1. The molecule has 0 spiro atoms. The lowest BCUT2D eigenvalue weighted by Gasteiger charge is -2.36. The average molecular weight is 368 g/mol. The second-order valence-corrected chi connectivity index (χ2v) is 6.14. The zero-order chi connectivity index (χ0) is 18.5. The van der Waals surface area contributed by atoms with Crippen molar-refractivity contribution in [3.63, 3.8) is 0 Å². The molecule has 140 valence electrons. The lowest BCUT2D eigenvalue weighted by molar-refractivity contribution is 0.257. The molecule has 1 saturated heterocycles. The van der Waals surface area contributed by atoms with Gasteiger partial charge in [0.2, 0.25) is 11.6 Å². The monoisotopic (exact) mass is 368 g/mol. The van der Waals surface area contributed by atoms with Gasteiger partial charge in [-0.15, -0.1) is 0 Å². The topological polar surface area (TPSA) is 31.4 Å². The van der Waals surface area contributed by atoms with Crippen LogP contribution >= 0.6 is 0 Å². The second kappa shape index (κ2) is 8.35. The lowest BCUT2D eigenvalue weighted by Crippen LogP contribution is -2.46. The molecule has 1 aromatic carbocycles. The van der Waals surface area contributed by atoms with Gasteiger partial charge in [0.25, 0.3) is 11.9 Å². The normalized spacial score (nSPS) is 15.3. The first-order valence-corrected chi connectivity index (χ1v) is 8.52. The molecule has 26 heavy (non-hydrogen) atoms. The van der Waals surface area contributed by atoms with Gasteiger partial charge in [-0.2, -0.15) is 22.5 Å². The van der Waals surface area contributed by atoms with Crippen molar-refractivity contribution in [3.05, 3.63) is 53.9 Å². The highest BCUT2D eigenvalue weighted by Gasteiger charge is 2.21. The van der Waals surface area contributed by atoms with Crippen LogP contribution in [-0.2, 0) is 0 Å². The highest BCUT2D eigenvalue weighted by molar-refractivity contribution is 5.46. The van der Waals surface area contributed by atoms with E-state index in [0.29, 0.717) is 6.42 Å². The van der Waals surface area contributed by atoms with Crippen molar-refractivity contribution >= 4 is 11.4 Å². The van der Waals surface area contributed by atoms with Crippen LogP contribution in [0, 0.1) is 23.5 Å². The summed E-state index contributed by atoms with van der Waals surface area (Å²) in [5.41, 5.74) is 0.394. The number of hydrogen-bond acceptors (Lipinski definition) is 4. The lowest BCUT2D eigenvalue weighted by atomic mass is 10.2. The van der Waals surface area contributed by atoms with Crippen LogP contribution < -0.4 is 10.2 Å². The Morgan fingerprint density at radius 2 is 1.50 bits per heavy atom. The molecule has 0 bridgehead atoms. The summed E-state index contributed by atoms with van der Waals surface area (Å²) in [5, 5.41) is 2.43.